The summed E-state index contributed by atoms with van der Waals surface area (Å²) in [6.45, 7) is 3.95. The zero-order valence-corrected chi connectivity index (χ0v) is 11.8. The molecule has 0 radical (unpaired) electrons. The molecule has 1 aromatic rings. The Hall–Kier alpha value is 0.0300. The molecule has 0 amide bonds. The van der Waals surface area contributed by atoms with Gasteiger partial charge >= 0.3 is 0 Å². The molecule has 0 aliphatic carbocycles. The molecule has 0 aliphatic rings. The standard InChI is InChI=1S/C10H14Br2N2O/c1-5(2)8(13)10(15)9-7(12)3-6(11)4-14-9/h3-5,8,10,15H,13H2,1-2H3. The fourth-order valence-corrected chi connectivity index (χ4v) is 2.41. The summed E-state index contributed by atoms with van der Waals surface area (Å²) in [5.74, 6) is 0.206. The van der Waals surface area contributed by atoms with Crippen molar-refractivity contribution in [1.82, 2.24) is 4.98 Å². The van der Waals surface area contributed by atoms with E-state index in [0.717, 1.165) is 8.95 Å². The maximum absolute atomic E-state index is 10.00. The van der Waals surface area contributed by atoms with Gasteiger partial charge in [0.15, 0.2) is 0 Å². The monoisotopic (exact) mass is 336 g/mol. The van der Waals surface area contributed by atoms with E-state index in [1.807, 2.05) is 19.9 Å². The molecule has 0 spiro atoms. The van der Waals surface area contributed by atoms with Crippen LogP contribution >= 0.6 is 31.9 Å². The van der Waals surface area contributed by atoms with Crippen molar-refractivity contribution >= 4 is 31.9 Å². The smallest absolute Gasteiger partial charge is 0.112 e. The van der Waals surface area contributed by atoms with Gasteiger partial charge < -0.3 is 10.8 Å². The number of aromatic nitrogens is 1. The van der Waals surface area contributed by atoms with Crippen molar-refractivity contribution in [2.75, 3.05) is 0 Å². The van der Waals surface area contributed by atoms with Gasteiger partial charge in [0.05, 0.1) is 5.69 Å². The van der Waals surface area contributed by atoms with Crippen LogP contribution in [0.1, 0.15) is 25.6 Å². The van der Waals surface area contributed by atoms with Gasteiger partial charge in [0, 0.05) is 21.2 Å². The predicted octanol–water partition coefficient (Wildman–Crippen LogP) is 2.62. The van der Waals surface area contributed by atoms with Gasteiger partial charge in [-0.05, 0) is 43.8 Å². The molecular formula is C10H14Br2N2O. The minimum absolute atomic E-state index is 0.206. The van der Waals surface area contributed by atoms with Crippen LogP contribution in [0.25, 0.3) is 0 Å². The lowest BCUT2D eigenvalue weighted by molar-refractivity contribution is 0.121. The lowest BCUT2D eigenvalue weighted by Crippen LogP contribution is -2.34. The lowest BCUT2D eigenvalue weighted by atomic mass is 9.97. The molecule has 5 heteroatoms. The number of halogens is 2. The zero-order chi connectivity index (χ0) is 11.6. The van der Waals surface area contributed by atoms with Crippen LogP contribution in [0.3, 0.4) is 0 Å². The second-order valence-electron chi connectivity index (χ2n) is 3.79. The Morgan fingerprint density at radius 1 is 1.40 bits per heavy atom. The van der Waals surface area contributed by atoms with E-state index >= 15 is 0 Å². The van der Waals surface area contributed by atoms with E-state index in [1.165, 1.54) is 0 Å². The highest BCUT2D eigenvalue weighted by Crippen LogP contribution is 2.27. The third-order valence-electron chi connectivity index (χ3n) is 2.25. The van der Waals surface area contributed by atoms with Gasteiger partial charge in [-0.15, -0.1) is 0 Å². The number of nitrogens with two attached hydrogens (primary N) is 1. The van der Waals surface area contributed by atoms with Crippen LogP contribution in [0.15, 0.2) is 21.2 Å². The van der Waals surface area contributed by atoms with Crippen molar-refractivity contribution in [2.24, 2.45) is 11.7 Å². The fraction of sp³-hybridized carbons (Fsp3) is 0.500. The molecule has 0 saturated heterocycles. The largest absolute Gasteiger partial charge is 0.385 e. The fourth-order valence-electron chi connectivity index (χ4n) is 1.19. The van der Waals surface area contributed by atoms with Crippen LogP contribution < -0.4 is 5.73 Å². The van der Waals surface area contributed by atoms with Gasteiger partial charge in [-0.3, -0.25) is 4.98 Å². The first-order valence-corrected chi connectivity index (χ1v) is 6.26. The minimum atomic E-state index is -0.743. The Balaban J connectivity index is 2.96. The number of rotatable bonds is 3. The first-order valence-electron chi connectivity index (χ1n) is 4.68. The summed E-state index contributed by atoms with van der Waals surface area (Å²) >= 11 is 6.66. The third-order valence-corrected chi connectivity index (χ3v) is 3.32. The maximum atomic E-state index is 10.00. The zero-order valence-electron chi connectivity index (χ0n) is 8.61. The number of pyridine rings is 1. The molecule has 1 heterocycles. The molecule has 3 N–H and O–H groups in total. The highest BCUT2D eigenvalue weighted by molar-refractivity contribution is 9.11. The van der Waals surface area contributed by atoms with Crippen molar-refractivity contribution in [3.05, 3.63) is 26.9 Å². The van der Waals surface area contributed by atoms with Crippen LogP contribution in [0, 0.1) is 5.92 Å². The first-order chi connectivity index (χ1) is 6.93. The average molecular weight is 338 g/mol. The SMILES string of the molecule is CC(C)C(N)C(O)c1ncc(Br)cc1Br. The number of hydrogen-bond acceptors (Lipinski definition) is 3. The Morgan fingerprint density at radius 2 is 2.00 bits per heavy atom. The predicted molar refractivity (Wildman–Crippen MR) is 67.4 cm³/mol. The third kappa shape index (κ3) is 3.24. The van der Waals surface area contributed by atoms with Crippen LogP contribution in [-0.4, -0.2) is 16.1 Å². The van der Waals surface area contributed by atoms with E-state index in [2.05, 4.69) is 36.8 Å². The van der Waals surface area contributed by atoms with Crippen molar-refractivity contribution in [3.63, 3.8) is 0 Å². The Kier molecular flexibility index (Phi) is 4.70. The molecule has 0 bridgehead atoms. The summed E-state index contributed by atoms with van der Waals surface area (Å²) in [5, 5.41) is 10.00. The van der Waals surface area contributed by atoms with Gasteiger partial charge in [0.1, 0.15) is 6.10 Å². The first kappa shape index (κ1) is 13.1. The van der Waals surface area contributed by atoms with Gasteiger partial charge in [0.2, 0.25) is 0 Å². The van der Waals surface area contributed by atoms with E-state index in [1.54, 1.807) is 6.20 Å². The van der Waals surface area contributed by atoms with Crippen LogP contribution in [0.4, 0.5) is 0 Å². The van der Waals surface area contributed by atoms with E-state index in [4.69, 9.17) is 5.73 Å². The maximum Gasteiger partial charge on any atom is 0.112 e. The molecule has 84 valence electrons. The van der Waals surface area contributed by atoms with Crippen LogP contribution in [0.5, 0.6) is 0 Å². The van der Waals surface area contributed by atoms with Crippen LogP contribution in [0.2, 0.25) is 0 Å². The minimum Gasteiger partial charge on any atom is -0.385 e. The number of hydrogen-bond donors (Lipinski definition) is 2. The molecule has 0 saturated carbocycles. The molecule has 15 heavy (non-hydrogen) atoms. The number of aliphatic hydroxyl groups is 1. The molecule has 0 fully saturated rings. The summed E-state index contributed by atoms with van der Waals surface area (Å²) in [5.41, 5.74) is 6.46. The van der Waals surface area contributed by atoms with Gasteiger partial charge in [-0.2, -0.15) is 0 Å². The highest BCUT2D eigenvalue weighted by atomic mass is 79.9. The Labute approximate surface area is 106 Å². The van der Waals surface area contributed by atoms with Gasteiger partial charge in [-0.25, -0.2) is 0 Å². The molecule has 2 atom stereocenters. The topological polar surface area (TPSA) is 59.1 Å². The van der Waals surface area contributed by atoms with E-state index < -0.39 is 6.10 Å². The van der Waals surface area contributed by atoms with Crippen molar-refractivity contribution in [2.45, 2.75) is 26.0 Å². The van der Waals surface area contributed by atoms with Gasteiger partial charge in [-0.1, -0.05) is 13.8 Å². The summed E-state index contributed by atoms with van der Waals surface area (Å²) in [6, 6.07) is 1.54. The van der Waals surface area contributed by atoms with Crippen molar-refractivity contribution in [1.29, 1.82) is 0 Å². The molecule has 1 aromatic heterocycles. The molecular weight excluding hydrogens is 324 g/mol. The lowest BCUT2D eigenvalue weighted by Gasteiger charge is -2.22. The summed E-state index contributed by atoms with van der Waals surface area (Å²) in [6.07, 6.45) is 0.906. The van der Waals surface area contributed by atoms with E-state index in [0.29, 0.717) is 5.69 Å². The molecule has 3 nitrogen and oxygen atoms in total. The average Bonchev–Trinajstić information content (AvgIpc) is 2.15. The van der Waals surface area contributed by atoms with E-state index in [-0.39, 0.29) is 12.0 Å². The summed E-state index contributed by atoms with van der Waals surface area (Å²) < 4.78 is 1.63. The summed E-state index contributed by atoms with van der Waals surface area (Å²) in [7, 11) is 0. The van der Waals surface area contributed by atoms with Crippen LogP contribution in [-0.2, 0) is 0 Å². The number of nitrogens with zero attached hydrogens (tertiary/aromatic N) is 1. The molecule has 1 rings (SSSR count). The normalized spacial score (nSPS) is 15.4. The van der Waals surface area contributed by atoms with Gasteiger partial charge in [0.25, 0.3) is 0 Å². The van der Waals surface area contributed by atoms with Crippen molar-refractivity contribution in [3.8, 4) is 0 Å². The Morgan fingerprint density at radius 3 is 2.47 bits per heavy atom. The summed E-state index contributed by atoms with van der Waals surface area (Å²) in [4.78, 5) is 4.16. The van der Waals surface area contributed by atoms with Crippen molar-refractivity contribution < 1.29 is 5.11 Å². The Bertz CT molecular complexity index is 344. The second kappa shape index (κ2) is 5.39. The number of aliphatic hydroxyl groups excluding tert-OH is 1. The van der Waals surface area contributed by atoms with E-state index in [9.17, 15) is 5.11 Å². The second-order valence-corrected chi connectivity index (χ2v) is 5.56. The highest BCUT2D eigenvalue weighted by Gasteiger charge is 2.23. The molecule has 0 aliphatic heterocycles. The quantitative estimate of drug-likeness (QED) is 0.891. The molecule has 2 unspecified atom stereocenters. The molecule has 0 aromatic carbocycles.